The molecule has 6 rings (SSSR count). The van der Waals surface area contributed by atoms with E-state index < -0.39 is 18.1 Å². The average Bonchev–Trinajstić information content (AvgIpc) is 3.34. The van der Waals surface area contributed by atoms with Gasteiger partial charge in [-0.25, -0.2) is 4.79 Å². The van der Waals surface area contributed by atoms with Gasteiger partial charge in [0.15, 0.2) is 23.3 Å². The Labute approximate surface area is 205 Å². The van der Waals surface area contributed by atoms with Gasteiger partial charge in [0.1, 0.15) is 18.2 Å². The van der Waals surface area contributed by atoms with E-state index in [9.17, 15) is 15.0 Å². The second kappa shape index (κ2) is 7.82. The van der Waals surface area contributed by atoms with Gasteiger partial charge in [-0.15, -0.1) is 0 Å². The summed E-state index contributed by atoms with van der Waals surface area (Å²) in [6, 6.07) is 6.53. The van der Waals surface area contributed by atoms with Crippen molar-refractivity contribution in [2.75, 3.05) is 20.7 Å². The highest BCUT2D eigenvalue weighted by atomic mass is 16.6. The first-order chi connectivity index (χ1) is 16.8. The van der Waals surface area contributed by atoms with Crippen molar-refractivity contribution in [1.29, 1.82) is 0 Å². The lowest BCUT2D eigenvalue weighted by atomic mass is 9.51. The molecule has 2 bridgehead atoms. The van der Waals surface area contributed by atoms with Gasteiger partial charge in [-0.3, -0.25) is 4.57 Å². The first-order valence-electron chi connectivity index (χ1n) is 12.6. The minimum atomic E-state index is -0.842. The molecule has 2 aliphatic heterocycles. The van der Waals surface area contributed by atoms with E-state index in [0.29, 0.717) is 18.4 Å². The summed E-state index contributed by atoms with van der Waals surface area (Å²) in [5.41, 5.74) is 2.37. The number of piperidine rings is 1. The molecule has 4 aliphatic rings. The van der Waals surface area contributed by atoms with E-state index in [0.717, 1.165) is 37.3 Å². The van der Waals surface area contributed by atoms with Crippen molar-refractivity contribution in [3.63, 3.8) is 0 Å². The SMILES string of the molecule is COc1ccc2c3c1O[C@H]1[C@@H](OC(=O)[C@H](C(C)C)n4c(O)ccc4O)CC[C@H]4[C@@H](C2)N(C)CC[C@@]341. The van der Waals surface area contributed by atoms with Crippen molar-refractivity contribution < 1.29 is 29.2 Å². The van der Waals surface area contributed by atoms with Crippen molar-refractivity contribution in [3.8, 4) is 23.3 Å². The molecule has 188 valence electrons. The lowest BCUT2D eigenvalue weighted by Gasteiger charge is -2.58. The summed E-state index contributed by atoms with van der Waals surface area (Å²) in [4.78, 5) is 16.1. The Morgan fingerprint density at radius 3 is 2.60 bits per heavy atom. The summed E-state index contributed by atoms with van der Waals surface area (Å²) in [6.45, 7) is 4.72. The van der Waals surface area contributed by atoms with Gasteiger partial charge in [-0.1, -0.05) is 19.9 Å². The lowest BCUT2D eigenvalue weighted by Crippen LogP contribution is -2.66. The first kappa shape index (κ1) is 22.6. The predicted octanol–water partition coefficient (Wildman–Crippen LogP) is 3.39. The van der Waals surface area contributed by atoms with Crippen LogP contribution in [0.4, 0.5) is 0 Å². The molecule has 1 spiro atoms. The summed E-state index contributed by atoms with van der Waals surface area (Å²) in [5, 5.41) is 20.6. The van der Waals surface area contributed by atoms with Gasteiger partial charge in [0, 0.05) is 29.2 Å². The summed E-state index contributed by atoms with van der Waals surface area (Å²) in [7, 11) is 3.88. The van der Waals surface area contributed by atoms with Gasteiger partial charge < -0.3 is 29.3 Å². The standard InChI is InChI=1S/C27H34N2O6/c1-14(2)23(29-20(30)9-10-21(29)31)26(32)34-19-8-6-16-17-13-15-5-7-18(33-4)24-22(15)27(16,25(19)35-24)11-12-28(17)3/h5,7,9-10,14,16-17,19,23,25,30-31H,6,8,11-13H2,1-4H3/t16-,17+,19-,23-,25-,27-/m0/s1. The Morgan fingerprint density at radius 2 is 1.91 bits per heavy atom. The molecule has 35 heavy (non-hydrogen) atoms. The number of carbonyl (C=O) groups is 1. The molecule has 1 aromatic heterocycles. The number of esters is 1. The van der Waals surface area contributed by atoms with E-state index in [-0.39, 0.29) is 29.2 Å². The van der Waals surface area contributed by atoms with Crippen LogP contribution >= 0.6 is 0 Å². The molecule has 6 atom stereocenters. The molecule has 0 amide bonds. The largest absolute Gasteiger partial charge is 0.494 e. The van der Waals surface area contributed by atoms with Crippen LogP contribution in [0.2, 0.25) is 0 Å². The molecule has 2 aromatic rings. The van der Waals surface area contributed by atoms with Crippen LogP contribution in [0, 0.1) is 11.8 Å². The third kappa shape index (κ3) is 2.98. The van der Waals surface area contributed by atoms with Crippen molar-refractivity contribution in [3.05, 3.63) is 35.4 Å². The van der Waals surface area contributed by atoms with Crippen LogP contribution in [-0.4, -0.2) is 64.6 Å². The van der Waals surface area contributed by atoms with Crippen molar-refractivity contribution in [2.24, 2.45) is 11.8 Å². The number of rotatable bonds is 5. The topological polar surface area (TPSA) is 93.4 Å². The number of aromatic nitrogens is 1. The number of likely N-dealkylation sites (N-methyl/N-ethyl adjacent to an activating group) is 1. The predicted molar refractivity (Wildman–Crippen MR) is 128 cm³/mol. The number of likely N-dealkylation sites (tertiary alicyclic amines) is 1. The zero-order chi connectivity index (χ0) is 24.6. The third-order valence-electron chi connectivity index (χ3n) is 9.04. The summed E-state index contributed by atoms with van der Waals surface area (Å²) < 4.78 is 19.9. The highest BCUT2D eigenvalue weighted by Gasteiger charge is 2.66. The minimum absolute atomic E-state index is 0.162. The molecule has 2 fully saturated rings. The number of carbonyl (C=O) groups excluding carboxylic acids is 1. The molecule has 3 heterocycles. The number of ether oxygens (including phenoxy) is 3. The molecule has 1 saturated heterocycles. The van der Waals surface area contributed by atoms with Gasteiger partial charge in [0.25, 0.3) is 0 Å². The van der Waals surface area contributed by atoms with E-state index in [1.165, 1.54) is 27.8 Å². The van der Waals surface area contributed by atoms with Gasteiger partial charge in [0.05, 0.1) is 7.11 Å². The molecular weight excluding hydrogens is 448 g/mol. The second-order valence-corrected chi connectivity index (χ2v) is 11.0. The van der Waals surface area contributed by atoms with Crippen LogP contribution in [0.3, 0.4) is 0 Å². The fourth-order valence-corrected chi connectivity index (χ4v) is 7.57. The first-order valence-corrected chi connectivity index (χ1v) is 12.6. The Kier molecular flexibility index (Phi) is 5.04. The van der Waals surface area contributed by atoms with Crippen LogP contribution in [0.25, 0.3) is 0 Å². The maximum absolute atomic E-state index is 13.6. The van der Waals surface area contributed by atoms with Crippen LogP contribution in [0.1, 0.15) is 50.3 Å². The normalized spacial score (nSPS) is 31.6. The molecule has 2 N–H and O–H groups in total. The van der Waals surface area contributed by atoms with Gasteiger partial charge in [-0.05, 0) is 62.7 Å². The summed E-state index contributed by atoms with van der Waals surface area (Å²) in [6.07, 6.45) is 2.90. The molecule has 2 aliphatic carbocycles. The minimum Gasteiger partial charge on any atom is -0.494 e. The average molecular weight is 483 g/mol. The molecule has 8 nitrogen and oxygen atoms in total. The van der Waals surface area contributed by atoms with Crippen LogP contribution in [0.5, 0.6) is 23.3 Å². The lowest BCUT2D eigenvalue weighted by molar-refractivity contribution is -0.171. The smallest absolute Gasteiger partial charge is 0.330 e. The molecule has 0 unspecified atom stereocenters. The maximum atomic E-state index is 13.6. The fourth-order valence-electron chi connectivity index (χ4n) is 7.57. The zero-order valence-electron chi connectivity index (χ0n) is 20.7. The number of aromatic hydroxyl groups is 2. The quantitative estimate of drug-likeness (QED) is 0.631. The van der Waals surface area contributed by atoms with E-state index in [1.807, 2.05) is 19.9 Å². The van der Waals surface area contributed by atoms with Crippen LogP contribution in [0.15, 0.2) is 24.3 Å². The van der Waals surface area contributed by atoms with Crippen molar-refractivity contribution in [2.45, 2.75) is 69.2 Å². The number of methoxy groups -OCH3 is 1. The molecule has 8 heteroatoms. The van der Waals surface area contributed by atoms with Gasteiger partial charge in [-0.2, -0.15) is 0 Å². The van der Waals surface area contributed by atoms with Crippen LogP contribution in [-0.2, 0) is 21.4 Å². The van der Waals surface area contributed by atoms with Crippen molar-refractivity contribution >= 4 is 5.97 Å². The molecule has 1 aromatic carbocycles. The third-order valence-corrected chi connectivity index (χ3v) is 9.04. The van der Waals surface area contributed by atoms with Gasteiger partial charge in [0.2, 0.25) is 0 Å². The number of benzene rings is 1. The number of hydrogen-bond donors (Lipinski definition) is 2. The van der Waals surface area contributed by atoms with Crippen LogP contribution < -0.4 is 9.47 Å². The Balaban J connectivity index is 1.38. The fraction of sp³-hybridized carbons (Fsp3) is 0.593. The zero-order valence-corrected chi connectivity index (χ0v) is 20.7. The molecular formula is C27H34N2O6. The van der Waals surface area contributed by atoms with Crippen molar-refractivity contribution in [1.82, 2.24) is 9.47 Å². The number of nitrogens with zero attached hydrogens (tertiary/aromatic N) is 2. The van der Waals surface area contributed by atoms with E-state index in [1.54, 1.807) is 7.11 Å². The van der Waals surface area contributed by atoms with E-state index in [2.05, 4.69) is 18.0 Å². The van der Waals surface area contributed by atoms with Gasteiger partial charge >= 0.3 is 5.97 Å². The van der Waals surface area contributed by atoms with E-state index in [4.69, 9.17) is 14.2 Å². The summed E-state index contributed by atoms with van der Waals surface area (Å²) >= 11 is 0. The highest BCUT2D eigenvalue weighted by Crippen LogP contribution is 2.64. The monoisotopic (exact) mass is 482 g/mol. The Morgan fingerprint density at radius 1 is 1.17 bits per heavy atom. The maximum Gasteiger partial charge on any atom is 0.330 e. The molecule has 0 radical (unpaired) electrons. The highest BCUT2D eigenvalue weighted by molar-refractivity contribution is 5.76. The number of hydrogen-bond acceptors (Lipinski definition) is 7. The Hall–Kier alpha value is -2.87. The Bertz CT molecular complexity index is 1160. The second-order valence-electron chi connectivity index (χ2n) is 11.0. The molecule has 1 saturated carbocycles. The van der Waals surface area contributed by atoms with E-state index >= 15 is 0 Å². The summed E-state index contributed by atoms with van der Waals surface area (Å²) in [5.74, 6) is 0.990.